The Balaban J connectivity index is 1.59. The van der Waals surface area contributed by atoms with Gasteiger partial charge in [0, 0.05) is 65.8 Å². The topological polar surface area (TPSA) is 110 Å². The Morgan fingerprint density at radius 3 is 2.41 bits per heavy atom. The van der Waals surface area contributed by atoms with Crippen molar-refractivity contribution >= 4 is 40.5 Å². The predicted octanol–water partition coefficient (Wildman–Crippen LogP) is 4.36. The molecule has 32 heavy (non-hydrogen) atoms. The highest BCUT2D eigenvalue weighted by atomic mass is 35.5. The molecule has 1 saturated heterocycles. The molecule has 0 radical (unpaired) electrons. The minimum Gasteiger partial charge on any atom is -0.493 e. The predicted molar refractivity (Wildman–Crippen MR) is 125 cm³/mol. The van der Waals surface area contributed by atoms with Crippen LogP contribution in [0.15, 0.2) is 36.9 Å². The molecular weight excluding hydrogens is 451 g/mol. The quantitative estimate of drug-likeness (QED) is 0.388. The van der Waals surface area contributed by atoms with E-state index in [0.717, 1.165) is 13.0 Å². The van der Waals surface area contributed by atoms with Crippen LogP contribution in [0.2, 0.25) is 10.0 Å². The Morgan fingerprint density at radius 2 is 1.84 bits per heavy atom. The molecule has 2 aromatic heterocycles. The van der Waals surface area contributed by atoms with Crippen molar-refractivity contribution in [3.8, 4) is 11.5 Å². The summed E-state index contributed by atoms with van der Waals surface area (Å²) in [5, 5.41) is 9.45. The van der Waals surface area contributed by atoms with Gasteiger partial charge in [0.2, 0.25) is 5.95 Å². The van der Waals surface area contributed by atoms with Crippen molar-refractivity contribution in [1.82, 2.24) is 15.0 Å². The van der Waals surface area contributed by atoms with Crippen LogP contribution in [0, 0.1) is 5.41 Å². The second-order valence-electron chi connectivity index (χ2n) is 7.44. The van der Waals surface area contributed by atoms with Crippen LogP contribution < -0.4 is 20.1 Å². The summed E-state index contributed by atoms with van der Waals surface area (Å²) in [5.41, 5.74) is 8.38. The summed E-state index contributed by atoms with van der Waals surface area (Å²) in [6.07, 6.45) is 7.39. The first kappa shape index (κ1) is 22.1. The van der Waals surface area contributed by atoms with E-state index in [0.29, 0.717) is 55.9 Å². The number of hydrogen-bond donors (Lipinski definition) is 2. The van der Waals surface area contributed by atoms with Crippen molar-refractivity contribution in [2.45, 2.75) is 26.0 Å². The highest BCUT2D eigenvalue weighted by Crippen LogP contribution is 2.35. The minimum atomic E-state index is 0.0963. The van der Waals surface area contributed by atoms with Crippen molar-refractivity contribution in [2.75, 3.05) is 24.3 Å². The number of pyridine rings is 1. The van der Waals surface area contributed by atoms with Gasteiger partial charge in [-0.05, 0) is 19.4 Å². The third kappa shape index (κ3) is 4.28. The lowest BCUT2D eigenvalue weighted by Gasteiger charge is -2.38. The third-order valence-electron chi connectivity index (χ3n) is 5.43. The van der Waals surface area contributed by atoms with Crippen molar-refractivity contribution < 1.29 is 9.47 Å². The second-order valence-corrected chi connectivity index (χ2v) is 8.25. The zero-order valence-electron chi connectivity index (χ0n) is 17.6. The number of methoxy groups -OCH3 is 1. The number of nitrogens with two attached hydrogens (primary N) is 1. The Morgan fingerprint density at radius 1 is 1.16 bits per heavy atom. The Kier molecular flexibility index (Phi) is 6.34. The number of nitrogen functional groups attached to an aromatic ring is 1. The molecule has 0 bridgehead atoms. The largest absolute Gasteiger partial charge is 0.493 e. The maximum Gasteiger partial charge on any atom is 0.225 e. The van der Waals surface area contributed by atoms with E-state index in [1.807, 2.05) is 0 Å². The van der Waals surface area contributed by atoms with Gasteiger partial charge in [-0.25, -0.2) is 9.97 Å². The van der Waals surface area contributed by atoms with Crippen molar-refractivity contribution in [3.05, 3.63) is 63.7 Å². The number of rotatable bonds is 7. The van der Waals surface area contributed by atoms with E-state index in [1.165, 1.54) is 19.5 Å². The van der Waals surface area contributed by atoms with Crippen LogP contribution in [-0.4, -0.2) is 40.4 Å². The average Bonchev–Trinajstić information content (AvgIpc) is 2.78. The van der Waals surface area contributed by atoms with Crippen LogP contribution in [0.4, 0.5) is 11.6 Å². The first-order valence-electron chi connectivity index (χ1n) is 9.95. The first-order valence-corrected chi connectivity index (χ1v) is 10.7. The molecular formula is C22H22Cl2N6O2. The van der Waals surface area contributed by atoms with Gasteiger partial charge in [-0.1, -0.05) is 23.2 Å². The van der Waals surface area contributed by atoms with Crippen molar-refractivity contribution in [1.29, 1.82) is 5.41 Å². The normalized spacial score (nSPS) is 15.2. The molecule has 1 fully saturated rings. The molecule has 0 saturated carbocycles. The number of benzene rings is 1. The standard InChI is InChI=1S/C22H22Cl2N6O2/c1-12-3-4-30(12)22-28-7-13(8-29-22)21(26)14-5-20(19(31-2)6-18(14)25)32-11-15-16(23)9-27-10-17(15)24/h5-10,12,26H,3-4,11,25H2,1-2H3/t12-/m1/s1. The lowest BCUT2D eigenvalue weighted by molar-refractivity contribution is 0.284. The molecule has 3 heterocycles. The van der Waals surface area contributed by atoms with Crippen LogP contribution in [-0.2, 0) is 6.61 Å². The van der Waals surface area contributed by atoms with E-state index >= 15 is 0 Å². The van der Waals surface area contributed by atoms with Gasteiger partial charge < -0.3 is 20.1 Å². The van der Waals surface area contributed by atoms with Gasteiger partial charge in [-0.15, -0.1) is 0 Å². The van der Waals surface area contributed by atoms with E-state index < -0.39 is 0 Å². The van der Waals surface area contributed by atoms with E-state index in [4.69, 9.17) is 43.8 Å². The number of nitrogens with zero attached hydrogens (tertiary/aromatic N) is 4. The summed E-state index contributed by atoms with van der Waals surface area (Å²) in [7, 11) is 1.52. The monoisotopic (exact) mass is 472 g/mol. The molecule has 3 N–H and O–H groups in total. The van der Waals surface area contributed by atoms with Gasteiger partial charge in [0.15, 0.2) is 11.5 Å². The molecule has 0 amide bonds. The molecule has 8 nitrogen and oxygen atoms in total. The molecule has 0 spiro atoms. The summed E-state index contributed by atoms with van der Waals surface area (Å²) in [6, 6.07) is 3.70. The third-order valence-corrected chi connectivity index (χ3v) is 6.08. The minimum absolute atomic E-state index is 0.0963. The number of halogens is 2. The highest BCUT2D eigenvalue weighted by Gasteiger charge is 2.26. The van der Waals surface area contributed by atoms with Crippen LogP contribution in [0.3, 0.4) is 0 Å². The molecule has 3 aromatic rings. The number of anilines is 2. The first-order chi connectivity index (χ1) is 15.4. The molecule has 10 heteroatoms. The van der Waals surface area contributed by atoms with Crippen LogP contribution in [0.25, 0.3) is 0 Å². The van der Waals surface area contributed by atoms with Crippen LogP contribution in [0.1, 0.15) is 30.0 Å². The van der Waals surface area contributed by atoms with Crippen molar-refractivity contribution in [2.24, 2.45) is 0 Å². The van der Waals surface area contributed by atoms with Gasteiger partial charge in [0.1, 0.15) is 6.61 Å². The van der Waals surface area contributed by atoms with Crippen LogP contribution >= 0.6 is 23.2 Å². The summed E-state index contributed by atoms with van der Waals surface area (Å²) < 4.78 is 11.3. The lowest BCUT2D eigenvalue weighted by Crippen LogP contribution is -2.46. The van der Waals surface area contributed by atoms with Gasteiger partial charge in [-0.3, -0.25) is 10.4 Å². The molecule has 166 valence electrons. The Bertz CT molecular complexity index is 1140. The van der Waals surface area contributed by atoms with E-state index in [-0.39, 0.29) is 12.3 Å². The van der Waals surface area contributed by atoms with E-state index in [9.17, 15) is 0 Å². The van der Waals surface area contributed by atoms with E-state index in [2.05, 4.69) is 26.8 Å². The van der Waals surface area contributed by atoms with Gasteiger partial charge in [-0.2, -0.15) is 0 Å². The average molecular weight is 473 g/mol. The molecule has 1 aromatic carbocycles. The molecule has 1 atom stereocenters. The zero-order valence-corrected chi connectivity index (χ0v) is 19.1. The fourth-order valence-corrected chi connectivity index (χ4v) is 3.83. The van der Waals surface area contributed by atoms with Crippen LogP contribution in [0.5, 0.6) is 11.5 Å². The number of hydrogen-bond acceptors (Lipinski definition) is 8. The zero-order chi connectivity index (χ0) is 22.8. The van der Waals surface area contributed by atoms with E-state index in [1.54, 1.807) is 24.5 Å². The van der Waals surface area contributed by atoms with Gasteiger partial charge in [0.05, 0.1) is 22.9 Å². The second kappa shape index (κ2) is 9.18. The van der Waals surface area contributed by atoms with Gasteiger partial charge in [0.25, 0.3) is 0 Å². The smallest absolute Gasteiger partial charge is 0.225 e. The fourth-order valence-electron chi connectivity index (χ4n) is 3.36. The molecule has 4 rings (SSSR count). The number of nitrogens with one attached hydrogen (secondary N) is 1. The number of aromatic nitrogens is 3. The fraction of sp³-hybridized carbons (Fsp3) is 0.273. The molecule has 0 unspecified atom stereocenters. The molecule has 1 aliphatic heterocycles. The van der Waals surface area contributed by atoms with Gasteiger partial charge >= 0.3 is 0 Å². The summed E-state index contributed by atoms with van der Waals surface area (Å²) in [5.74, 6) is 1.49. The lowest BCUT2D eigenvalue weighted by atomic mass is 10.0. The molecule has 1 aliphatic rings. The molecule has 0 aliphatic carbocycles. The maximum atomic E-state index is 8.66. The number of ether oxygens (including phenoxy) is 2. The highest BCUT2D eigenvalue weighted by molar-refractivity contribution is 6.35. The SMILES string of the molecule is COc1cc(N)c(C(=N)c2cnc(N3CC[C@H]3C)nc2)cc1OCc1c(Cl)cncc1Cl. The maximum absolute atomic E-state index is 8.66. The Hall–Kier alpha value is -3.10. The summed E-state index contributed by atoms with van der Waals surface area (Å²) in [4.78, 5) is 14.9. The van der Waals surface area contributed by atoms with Crippen molar-refractivity contribution in [3.63, 3.8) is 0 Å². The summed E-state index contributed by atoms with van der Waals surface area (Å²) in [6.45, 7) is 3.17. The Labute approximate surface area is 195 Å². The summed E-state index contributed by atoms with van der Waals surface area (Å²) >= 11 is 12.4.